The van der Waals surface area contributed by atoms with Gasteiger partial charge in [-0.3, -0.25) is 4.68 Å². The molecule has 3 fully saturated rings. The van der Waals surface area contributed by atoms with Crippen LogP contribution in [0.2, 0.25) is 0 Å². The molecule has 37 heavy (non-hydrogen) atoms. The van der Waals surface area contributed by atoms with E-state index in [2.05, 4.69) is 25.5 Å². The number of hydrogen-bond acceptors (Lipinski definition) is 6. The number of hydrogen-bond donors (Lipinski definition) is 1. The first-order chi connectivity index (χ1) is 17.7. The molecule has 2 atom stereocenters. The molecule has 4 heterocycles. The normalized spacial score (nSPS) is 25.2. The second kappa shape index (κ2) is 9.54. The Morgan fingerprint density at radius 2 is 1.81 bits per heavy atom. The van der Waals surface area contributed by atoms with Crippen molar-refractivity contribution in [1.82, 2.24) is 24.9 Å². The van der Waals surface area contributed by atoms with Gasteiger partial charge in [-0.25, -0.2) is 0 Å². The van der Waals surface area contributed by atoms with E-state index in [4.69, 9.17) is 4.74 Å². The van der Waals surface area contributed by atoms with Gasteiger partial charge in [0.15, 0.2) is 5.82 Å². The Kier molecular flexibility index (Phi) is 6.35. The van der Waals surface area contributed by atoms with Crippen molar-refractivity contribution < 1.29 is 17.9 Å². The van der Waals surface area contributed by atoms with Crippen molar-refractivity contribution in [3.8, 4) is 11.3 Å². The zero-order valence-electron chi connectivity index (χ0n) is 21.3. The Hall–Kier alpha value is -2.72. The molecule has 3 aliphatic rings. The summed E-state index contributed by atoms with van der Waals surface area (Å²) in [5.74, 6) is 1.58. The minimum absolute atomic E-state index is 0.0186. The fourth-order valence-electron chi connectivity index (χ4n) is 6.62. The van der Waals surface area contributed by atoms with Gasteiger partial charge in [-0.2, -0.15) is 18.3 Å². The van der Waals surface area contributed by atoms with Crippen LogP contribution in [-0.2, 0) is 18.0 Å². The van der Waals surface area contributed by atoms with E-state index in [9.17, 15) is 13.2 Å². The lowest BCUT2D eigenvalue weighted by Gasteiger charge is -2.28. The molecule has 1 aliphatic carbocycles. The summed E-state index contributed by atoms with van der Waals surface area (Å²) in [6.45, 7) is 6.78. The van der Waals surface area contributed by atoms with Gasteiger partial charge in [0.05, 0.1) is 11.2 Å². The van der Waals surface area contributed by atoms with Gasteiger partial charge in [-0.05, 0) is 68.1 Å². The van der Waals surface area contributed by atoms with Gasteiger partial charge in [-0.1, -0.05) is 6.07 Å². The van der Waals surface area contributed by atoms with Crippen LogP contribution in [0.1, 0.15) is 36.8 Å². The van der Waals surface area contributed by atoms with Crippen LogP contribution in [0.4, 0.5) is 19.0 Å². The molecule has 2 unspecified atom stereocenters. The summed E-state index contributed by atoms with van der Waals surface area (Å²) in [6.07, 6.45) is 1.32. The average Bonchev–Trinajstić information content (AvgIpc) is 3.52. The smallest absolute Gasteiger partial charge is 0.381 e. The predicted octanol–water partition coefficient (Wildman–Crippen LogP) is 4.91. The van der Waals surface area contributed by atoms with Gasteiger partial charge >= 0.3 is 6.18 Å². The van der Waals surface area contributed by atoms with Crippen molar-refractivity contribution in [1.29, 1.82) is 0 Å². The summed E-state index contributed by atoms with van der Waals surface area (Å²) >= 11 is 0. The highest BCUT2D eigenvalue weighted by molar-refractivity contribution is 5.88. The van der Waals surface area contributed by atoms with Crippen LogP contribution in [0.3, 0.4) is 0 Å². The summed E-state index contributed by atoms with van der Waals surface area (Å²) in [6, 6.07) is 4.69. The van der Waals surface area contributed by atoms with Gasteiger partial charge in [0, 0.05) is 63.1 Å². The van der Waals surface area contributed by atoms with E-state index >= 15 is 0 Å². The first-order valence-corrected chi connectivity index (χ1v) is 13.2. The van der Waals surface area contributed by atoms with Crippen LogP contribution in [0.25, 0.3) is 22.2 Å². The molecule has 6 rings (SSSR count). The number of fused-ring (bicyclic) bond motifs is 2. The van der Waals surface area contributed by atoms with Crippen molar-refractivity contribution in [3.63, 3.8) is 0 Å². The first kappa shape index (κ1) is 24.6. The number of halogens is 3. The highest BCUT2D eigenvalue weighted by atomic mass is 19.4. The Morgan fingerprint density at radius 3 is 2.51 bits per heavy atom. The molecule has 1 aromatic carbocycles. The lowest BCUT2D eigenvalue weighted by Crippen LogP contribution is -2.32. The minimum Gasteiger partial charge on any atom is -0.381 e. The third-order valence-corrected chi connectivity index (χ3v) is 8.47. The van der Waals surface area contributed by atoms with Crippen molar-refractivity contribution in [2.24, 2.45) is 24.8 Å². The number of likely N-dealkylation sites (tertiary alicyclic amines) is 1. The van der Waals surface area contributed by atoms with Gasteiger partial charge in [-0.15, -0.1) is 10.2 Å². The number of nitrogens with zero attached hydrogens (tertiary/aromatic N) is 5. The number of ether oxygens (including phenoxy) is 1. The van der Waals surface area contributed by atoms with Gasteiger partial charge < -0.3 is 15.0 Å². The molecule has 1 saturated carbocycles. The molecule has 1 N–H and O–H groups in total. The van der Waals surface area contributed by atoms with Gasteiger partial charge in [0.25, 0.3) is 0 Å². The molecule has 0 bridgehead atoms. The average molecular weight is 515 g/mol. The molecule has 3 aromatic rings. The molecule has 0 radical (unpaired) electrons. The number of benzene rings is 1. The fraction of sp³-hybridized carbons (Fsp3) is 0.593. The SMILES string of the molecule is Cc1c(-c2cc(C(F)(F)F)c(NC3CC4CN(CC5CCOCC5)CC4C3)nn2)ccc2nn(C)cc12. The van der Waals surface area contributed by atoms with Crippen LogP contribution in [0.15, 0.2) is 24.4 Å². The predicted molar refractivity (Wildman–Crippen MR) is 135 cm³/mol. The van der Waals surface area contributed by atoms with E-state index in [1.165, 1.54) is 0 Å². The van der Waals surface area contributed by atoms with E-state index in [0.717, 1.165) is 81.1 Å². The highest BCUT2D eigenvalue weighted by Crippen LogP contribution is 2.42. The molecular formula is C27H33F3N6O. The van der Waals surface area contributed by atoms with Crippen LogP contribution in [-0.4, -0.2) is 63.8 Å². The maximum absolute atomic E-state index is 14.1. The number of alkyl halides is 3. The van der Waals surface area contributed by atoms with Crippen LogP contribution >= 0.6 is 0 Å². The van der Waals surface area contributed by atoms with Gasteiger partial charge in [0.1, 0.15) is 5.56 Å². The first-order valence-electron chi connectivity index (χ1n) is 13.2. The van der Waals surface area contributed by atoms with Crippen molar-refractivity contribution in [2.45, 2.75) is 44.8 Å². The van der Waals surface area contributed by atoms with Gasteiger partial charge in [0.2, 0.25) is 0 Å². The van der Waals surface area contributed by atoms with Crippen LogP contribution < -0.4 is 5.32 Å². The Bertz CT molecular complexity index is 1270. The summed E-state index contributed by atoms with van der Waals surface area (Å²) in [5.41, 5.74) is 1.71. The second-order valence-corrected chi connectivity index (χ2v) is 11.1. The van der Waals surface area contributed by atoms with Crippen molar-refractivity contribution in [3.05, 3.63) is 35.5 Å². The van der Waals surface area contributed by atoms with E-state index in [-0.39, 0.29) is 17.6 Å². The lowest BCUT2D eigenvalue weighted by molar-refractivity contribution is -0.137. The maximum Gasteiger partial charge on any atom is 0.420 e. The minimum atomic E-state index is -4.53. The topological polar surface area (TPSA) is 68.1 Å². The molecule has 2 aliphatic heterocycles. The molecule has 10 heteroatoms. The molecule has 198 valence electrons. The third-order valence-electron chi connectivity index (χ3n) is 8.47. The third kappa shape index (κ3) is 4.93. The quantitative estimate of drug-likeness (QED) is 0.522. The lowest BCUT2D eigenvalue weighted by atomic mass is 10.00. The maximum atomic E-state index is 14.1. The summed E-state index contributed by atoms with van der Waals surface area (Å²) < 4.78 is 49.6. The van der Waals surface area contributed by atoms with Crippen LogP contribution in [0.5, 0.6) is 0 Å². The molecule has 0 spiro atoms. The number of rotatable bonds is 5. The van der Waals surface area contributed by atoms with E-state index < -0.39 is 11.7 Å². The zero-order chi connectivity index (χ0) is 25.7. The standard InChI is InChI=1S/C27H33F3N6O/c1-16-21(3-4-24-22(16)15-35(2)34-24)25-11-23(27(28,29)30)26(33-32-25)31-20-9-18-13-36(14-19(18)10-20)12-17-5-7-37-8-6-17/h3-4,11,15,17-20H,5-10,12-14H2,1-2H3,(H,31,33). The van der Waals surface area contributed by atoms with E-state index in [1.807, 2.05) is 20.2 Å². The highest BCUT2D eigenvalue weighted by Gasteiger charge is 2.43. The molecule has 0 amide bonds. The Morgan fingerprint density at radius 1 is 1.08 bits per heavy atom. The number of aryl methyl sites for hydroxylation is 2. The zero-order valence-corrected chi connectivity index (χ0v) is 21.3. The monoisotopic (exact) mass is 514 g/mol. The Labute approximate surface area is 214 Å². The van der Waals surface area contributed by atoms with E-state index in [1.54, 1.807) is 16.8 Å². The summed E-state index contributed by atoms with van der Waals surface area (Å²) in [7, 11) is 1.82. The molecular weight excluding hydrogens is 481 g/mol. The fourth-order valence-corrected chi connectivity index (χ4v) is 6.62. The Balaban J connectivity index is 1.17. The second-order valence-electron chi connectivity index (χ2n) is 11.1. The van der Waals surface area contributed by atoms with Crippen LogP contribution in [0, 0.1) is 24.7 Å². The van der Waals surface area contributed by atoms with Crippen molar-refractivity contribution >= 4 is 16.7 Å². The number of nitrogens with one attached hydrogen (secondary N) is 1. The number of anilines is 1. The summed E-state index contributed by atoms with van der Waals surface area (Å²) in [5, 5.41) is 16.7. The summed E-state index contributed by atoms with van der Waals surface area (Å²) in [4.78, 5) is 2.55. The van der Waals surface area contributed by atoms with Crippen molar-refractivity contribution in [2.75, 3.05) is 38.2 Å². The molecule has 7 nitrogen and oxygen atoms in total. The van der Waals surface area contributed by atoms with E-state index in [0.29, 0.717) is 23.3 Å². The largest absolute Gasteiger partial charge is 0.420 e. The molecule has 2 saturated heterocycles. The number of aromatic nitrogens is 4. The molecule has 2 aromatic heterocycles.